The van der Waals surface area contributed by atoms with Gasteiger partial charge < -0.3 is 9.64 Å². The standard InChI is InChI=1S/C21H21ClN2O2/c22-19-13-18(14-23)6-7-20(19)26-15-21(25)24-10-8-17(9-11-24)12-16-4-2-1-3-5-16/h1-7,13,17H,8-12,15H2. The number of hydrogen-bond donors (Lipinski definition) is 0. The minimum Gasteiger partial charge on any atom is -0.482 e. The Morgan fingerprint density at radius 3 is 2.58 bits per heavy atom. The first-order valence-electron chi connectivity index (χ1n) is 8.80. The summed E-state index contributed by atoms with van der Waals surface area (Å²) in [6.45, 7) is 1.50. The lowest BCUT2D eigenvalue weighted by atomic mass is 9.90. The number of rotatable bonds is 5. The molecule has 4 nitrogen and oxygen atoms in total. The van der Waals surface area contributed by atoms with Gasteiger partial charge in [-0.2, -0.15) is 5.26 Å². The summed E-state index contributed by atoms with van der Waals surface area (Å²) in [6.07, 6.45) is 3.09. The monoisotopic (exact) mass is 368 g/mol. The third kappa shape index (κ3) is 4.77. The van der Waals surface area contributed by atoms with Crippen LogP contribution in [0.1, 0.15) is 24.0 Å². The van der Waals surface area contributed by atoms with Crippen molar-refractivity contribution in [3.63, 3.8) is 0 Å². The molecule has 1 fully saturated rings. The average Bonchev–Trinajstić information content (AvgIpc) is 2.68. The van der Waals surface area contributed by atoms with Crippen LogP contribution in [-0.4, -0.2) is 30.5 Å². The summed E-state index contributed by atoms with van der Waals surface area (Å²) in [5, 5.41) is 9.19. The van der Waals surface area contributed by atoms with Gasteiger partial charge in [-0.25, -0.2) is 0 Å². The quantitative estimate of drug-likeness (QED) is 0.799. The zero-order chi connectivity index (χ0) is 18.4. The molecule has 0 saturated carbocycles. The topological polar surface area (TPSA) is 53.3 Å². The minimum absolute atomic E-state index is 0.0245. The molecule has 2 aromatic carbocycles. The molecular formula is C21H21ClN2O2. The van der Waals surface area contributed by atoms with Gasteiger partial charge in [-0.05, 0) is 48.9 Å². The Labute approximate surface area is 158 Å². The van der Waals surface area contributed by atoms with Crippen LogP contribution in [0.3, 0.4) is 0 Å². The lowest BCUT2D eigenvalue weighted by Gasteiger charge is -2.32. The molecule has 1 aliphatic rings. The van der Waals surface area contributed by atoms with E-state index in [1.807, 2.05) is 17.0 Å². The second kappa shape index (κ2) is 8.73. The molecule has 1 aliphatic heterocycles. The fourth-order valence-corrected chi connectivity index (χ4v) is 3.49. The second-order valence-electron chi connectivity index (χ2n) is 6.56. The van der Waals surface area contributed by atoms with E-state index in [-0.39, 0.29) is 12.5 Å². The van der Waals surface area contributed by atoms with E-state index in [0.29, 0.717) is 22.3 Å². The number of amides is 1. The number of carbonyl (C=O) groups excluding carboxylic acids is 1. The van der Waals surface area contributed by atoms with Crippen LogP contribution in [0.15, 0.2) is 48.5 Å². The molecule has 0 spiro atoms. The summed E-state index contributed by atoms with van der Waals surface area (Å²) in [6, 6.07) is 17.3. The molecule has 0 bridgehead atoms. The zero-order valence-corrected chi connectivity index (χ0v) is 15.3. The fourth-order valence-electron chi connectivity index (χ4n) is 3.25. The number of likely N-dealkylation sites (tertiary alicyclic amines) is 1. The highest BCUT2D eigenvalue weighted by atomic mass is 35.5. The third-order valence-electron chi connectivity index (χ3n) is 4.75. The molecule has 1 amide bonds. The summed E-state index contributed by atoms with van der Waals surface area (Å²) >= 11 is 6.07. The minimum atomic E-state index is -0.0328. The van der Waals surface area contributed by atoms with E-state index in [2.05, 4.69) is 24.3 Å². The summed E-state index contributed by atoms with van der Waals surface area (Å²) in [7, 11) is 0. The van der Waals surface area contributed by atoms with Crippen molar-refractivity contribution in [2.45, 2.75) is 19.3 Å². The van der Waals surface area contributed by atoms with Gasteiger partial charge in [0, 0.05) is 13.1 Å². The lowest BCUT2D eigenvalue weighted by Crippen LogP contribution is -2.41. The van der Waals surface area contributed by atoms with Gasteiger partial charge >= 0.3 is 0 Å². The number of carbonyl (C=O) groups is 1. The zero-order valence-electron chi connectivity index (χ0n) is 14.5. The first-order valence-corrected chi connectivity index (χ1v) is 9.17. The highest BCUT2D eigenvalue weighted by molar-refractivity contribution is 6.32. The van der Waals surface area contributed by atoms with Gasteiger partial charge in [0.25, 0.3) is 5.91 Å². The maximum Gasteiger partial charge on any atom is 0.260 e. The lowest BCUT2D eigenvalue weighted by molar-refractivity contribution is -0.134. The molecule has 134 valence electrons. The Hall–Kier alpha value is -2.51. The number of halogens is 1. The van der Waals surface area contributed by atoms with Gasteiger partial charge in [0.1, 0.15) is 5.75 Å². The summed E-state index contributed by atoms with van der Waals surface area (Å²) in [5.41, 5.74) is 1.82. The summed E-state index contributed by atoms with van der Waals surface area (Å²) in [4.78, 5) is 14.2. The molecule has 0 aromatic heterocycles. The Kier molecular flexibility index (Phi) is 6.14. The normalized spacial score (nSPS) is 14.7. The largest absolute Gasteiger partial charge is 0.482 e. The molecule has 3 rings (SSSR count). The van der Waals surface area contributed by atoms with Crippen LogP contribution in [0.4, 0.5) is 0 Å². The van der Waals surface area contributed by atoms with Gasteiger partial charge in [-0.15, -0.1) is 0 Å². The molecule has 1 heterocycles. The van der Waals surface area contributed by atoms with E-state index < -0.39 is 0 Å². The van der Waals surface area contributed by atoms with E-state index in [1.54, 1.807) is 12.1 Å². The van der Waals surface area contributed by atoms with Gasteiger partial charge in [0.15, 0.2) is 6.61 Å². The number of piperidine rings is 1. The molecule has 0 unspecified atom stereocenters. The molecule has 5 heteroatoms. The van der Waals surface area contributed by atoms with Crippen LogP contribution < -0.4 is 4.74 Å². The van der Waals surface area contributed by atoms with Crippen molar-refractivity contribution in [1.29, 1.82) is 5.26 Å². The van der Waals surface area contributed by atoms with Gasteiger partial charge in [-0.1, -0.05) is 41.9 Å². The van der Waals surface area contributed by atoms with Crippen molar-refractivity contribution >= 4 is 17.5 Å². The molecule has 0 radical (unpaired) electrons. The van der Waals surface area contributed by atoms with Crippen LogP contribution in [0.5, 0.6) is 5.75 Å². The van der Waals surface area contributed by atoms with E-state index in [1.165, 1.54) is 11.6 Å². The summed E-state index contributed by atoms with van der Waals surface area (Å²) < 4.78 is 5.54. The number of nitrogens with zero attached hydrogens (tertiary/aromatic N) is 2. The van der Waals surface area contributed by atoms with Crippen LogP contribution >= 0.6 is 11.6 Å². The fraction of sp³-hybridized carbons (Fsp3) is 0.333. The number of benzene rings is 2. The van der Waals surface area contributed by atoms with Gasteiger partial charge in [0.05, 0.1) is 16.7 Å². The molecule has 2 aromatic rings. The van der Waals surface area contributed by atoms with E-state index in [4.69, 9.17) is 21.6 Å². The van der Waals surface area contributed by atoms with Crippen molar-refractivity contribution in [3.05, 3.63) is 64.7 Å². The number of nitriles is 1. The molecule has 0 N–H and O–H groups in total. The Morgan fingerprint density at radius 1 is 1.19 bits per heavy atom. The van der Waals surface area contributed by atoms with Crippen molar-refractivity contribution in [2.75, 3.05) is 19.7 Å². The predicted octanol–water partition coefficient (Wildman–Crippen LogP) is 4.07. The van der Waals surface area contributed by atoms with Crippen molar-refractivity contribution in [3.8, 4) is 11.8 Å². The molecule has 1 saturated heterocycles. The smallest absolute Gasteiger partial charge is 0.260 e. The average molecular weight is 369 g/mol. The van der Waals surface area contributed by atoms with Crippen LogP contribution in [0, 0.1) is 17.2 Å². The van der Waals surface area contributed by atoms with E-state index in [0.717, 1.165) is 32.4 Å². The second-order valence-corrected chi connectivity index (χ2v) is 6.97. The van der Waals surface area contributed by atoms with Crippen molar-refractivity contribution in [2.24, 2.45) is 5.92 Å². The van der Waals surface area contributed by atoms with E-state index in [9.17, 15) is 4.79 Å². The van der Waals surface area contributed by atoms with Crippen molar-refractivity contribution in [1.82, 2.24) is 4.90 Å². The predicted molar refractivity (Wildman–Crippen MR) is 101 cm³/mol. The van der Waals surface area contributed by atoms with Crippen LogP contribution in [0.25, 0.3) is 0 Å². The molecule has 26 heavy (non-hydrogen) atoms. The van der Waals surface area contributed by atoms with E-state index >= 15 is 0 Å². The highest BCUT2D eigenvalue weighted by Crippen LogP contribution is 2.26. The maximum absolute atomic E-state index is 12.4. The Balaban J connectivity index is 1.46. The molecular weight excluding hydrogens is 348 g/mol. The van der Waals surface area contributed by atoms with Crippen LogP contribution in [0.2, 0.25) is 5.02 Å². The Bertz CT molecular complexity index is 793. The SMILES string of the molecule is N#Cc1ccc(OCC(=O)N2CCC(Cc3ccccc3)CC2)c(Cl)c1. The molecule has 0 aliphatic carbocycles. The first kappa shape index (κ1) is 18.3. The maximum atomic E-state index is 12.4. The summed E-state index contributed by atoms with van der Waals surface area (Å²) in [5.74, 6) is 1.02. The molecule has 0 atom stereocenters. The van der Waals surface area contributed by atoms with Gasteiger partial charge in [-0.3, -0.25) is 4.79 Å². The highest BCUT2D eigenvalue weighted by Gasteiger charge is 2.23. The number of ether oxygens (including phenoxy) is 1. The first-order chi connectivity index (χ1) is 12.7. The van der Waals surface area contributed by atoms with Gasteiger partial charge in [0.2, 0.25) is 0 Å². The Morgan fingerprint density at radius 2 is 1.92 bits per heavy atom. The third-order valence-corrected chi connectivity index (χ3v) is 5.04. The number of hydrogen-bond acceptors (Lipinski definition) is 3. The van der Waals surface area contributed by atoms with Crippen molar-refractivity contribution < 1.29 is 9.53 Å². The van der Waals surface area contributed by atoms with Crippen LogP contribution in [-0.2, 0) is 11.2 Å².